The molecule has 2 aliphatic rings. The van der Waals surface area contributed by atoms with Gasteiger partial charge in [-0.1, -0.05) is 48.5 Å². The number of carboxylic acids is 1. The summed E-state index contributed by atoms with van der Waals surface area (Å²) < 4.78 is 12.8. The number of aliphatic hydroxyl groups excluding tert-OH is 1. The summed E-state index contributed by atoms with van der Waals surface area (Å²) in [6.45, 7) is -0.0447. The molecule has 0 aromatic heterocycles. The first kappa shape index (κ1) is 27.9. The van der Waals surface area contributed by atoms with E-state index in [2.05, 4.69) is 0 Å². The van der Waals surface area contributed by atoms with Crippen LogP contribution in [-0.4, -0.2) is 39.9 Å². The molecule has 0 bridgehead atoms. The van der Waals surface area contributed by atoms with E-state index in [-0.39, 0.29) is 36.2 Å². The summed E-state index contributed by atoms with van der Waals surface area (Å²) in [6, 6.07) is 28.2. The number of aliphatic hydroxyl groups is 1. The highest BCUT2D eigenvalue weighted by Crippen LogP contribution is 2.40. The van der Waals surface area contributed by atoms with E-state index in [0.29, 0.717) is 29.0 Å². The Morgan fingerprint density at radius 1 is 0.810 bits per heavy atom. The van der Waals surface area contributed by atoms with Crippen molar-refractivity contribution >= 4 is 35.2 Å². The molecule has 6 rings (SSSR count). The summed E-state index contributed by atoms with van der Waals surface area (Å²) in [6.07, 6.45) is -0.557. The van der Waals surface area contributed by atoms with Crippen LogP contribution in [0.2, 0.25) is 0 Å². The molecule has 0 saturated carbocycles. The number of anilines is 1. The Morgan fingerprint density at radius 3 is 2.02 bits per heavy atom. The Labute approximate surface area is 246 Å². The summed E-state index contributed by atoms with van der Waals surface area (Å²) in [7, 11) is 0. The molecule has 3 atom stereocenters. The second kappa shape index (κ2) is 11.9. The lowest BCUT2D eigenvalue weighted by atomic mass is 10.0. The maximum Gasteiger partial charge on any atom is 0.335 e. The van der Waals surface area contributed by atoms with Gasteiger partial charge in [0, 0.05) is 22.6 Å². The molecule has 4 aromatic rings. The molecule has 1 saturated heterocycles. The molecule has 9 heteroatoms. The van der Waals surface area contributed by atoms with E-state index < -0.39 is 12.3 Å². The van der Waals surface area contributed by atoms with Crippen molar-refractivity contribution in [2.24, 2.45) is 0 Å². The largest absolute Gasteiger partial charge is 0.478 e. The first-order chi connectivity index (χ1) is 20.4. The predicted octanol–water partition coefficient (Wildman–Crippen LogP) is 6.02. The van der Waals surface area contributed by atoms with E-state index in [4.69, 9.17) is 9.47 Å². The third kappa shape index (κ3) is 5.60. The Kier molecular flexibility index (Phi) is 7.90. The smallest absolute Gasteiger partial charge is 0.335 e. The number of carboxylic acid groups (broad SMARTS) is 1. The number of thioether (sulfide) groups is 1. The highest BCUT2D eigenvalue weighted by molar-refractivity contribution is 7.99. The number of carbonyl (C=O) groups is 3. The average Bonchev–Trinajstić information content (AvgIpc) is 3.29. The molecule has 2 heterocycles. The quantitative estimate of drug-likeness (QED) is 0.192. The van der Waals surface area contributed by atoms with Crippen LogP contribution in [-0.2, 0) is 16.1 Å². The summed E-state index contributed by atoms with van der Waals surface area (Å²) in [5.41, 5.74) is 3.99. The number of benzene rings is 4. The molecule has 0 spiro atoms. The van der Waals surface area contributed by atoms with Crippen LogP contribution in [0.15, 0.2) is 102 Å². The SMILES string of the molecule is O=C(O)c1ccc(SC[C@H]2C[C@@H](c3ccc(CO)cc3)O[C@@H](c3ccc(N4C(=O)c5ccccc5C4=O)cc3)O2)cc1. The molecule has 0 radical (unpaired) electrons. The van der Waals surface area contributed by atoms with Gasteiger partial charge in [0.1, 0.15) is 0 Å². The normalized spacial score (nSPS) is 20.0. The topological polar surface area (TPSA) is 113 Å². The summed E-state index contributed by atoms with van der Waals surface area (Å²) >= 11 is 1.57. The number of aromatic carboxylic acids is 1. The van der Waals surface area contributed by atoms with Crippen molar-refractivity contribution < 1.29 is 34.1 Å². The minimum atomic E-state index is -0.966. The minimum Gasteiger partial charge on any atom is -0.478 e. The van der Waals surface area contributed by atoms with Gasteiger partial charge < -0.3 is 19.7 Å². The van der Waals surface area contributed by atoms with Crippen molar-refractivity contribution in [2.45, 2.75) is 36.4 Å². The van der Waals surface area contributed by atoms with Crippen LogP contribution in [0.25, 0.3) is 0 Å². The standard InChI is InChI=1S/C33H27NO7S/c35-18-20-5-7-21(8-6-20)29-17-25(19-42-26-15-11-22(12-16-26)32(38)39)40-33(41-29)23-9-13-24(14-10-23)34-30(36)27-3-1-2-4-28(27)31(34)37/h1-16,25,29,33,35H,17-19H2,(H,38,39)/t25-,29+,33+/m1/s1. The molecule has 42 heavy (non-hydrogen) atoms. The van der Waals surface area contributed by atoms with Crippen LogP contribution in [0.3, 0.4) is 0 Å². The maximum absolute atomic E-state index is 12.9. The van der Waals surface area contributed by atoms with Gasteiger partial charge in [-0.3, -0.25) is 9.59 Å². The van der Waals surface area contributed by atoms with Gasteiger partial charge in [-0.2, -0.15) is 0 Å². The van der Waals surface area contributed by atoms with Crippen LogP contribution in [0.5, 0.6) is 0 Å². The van der Waals surface area contributed by atoms with Crippen LogP contribution < -0.4 is 4.90 Å². The van der Waals surface area contributed by atoms with Crippen molar-refractivity contribution in [1.29, 1.82) is 0 Å². The van der Waals surface area contributed by atoms with Gasteiger partial charge >= 0.3 is 5.97 Å². The molecule has 0 aliphatic carbocycles. The molecule has 4 aromatic carbocycles. The van der Waals surface area contributed by atoms with E-state index in [1.54, 1.807) is 84.6 Å². The summed E-state index contributed by atoms with van der Waals surface area (Å²) in [5.74, 6) is -1.06. The first-order valence-electron chi connectivity index (χ1n) is 13.5. The number of amides is 2. The van der Waals surface area contributed by atoms with E-state index >= 15 is 0 Å². The van der Waals surface area contributed by atoms with Gasteiger partial charge in [0.15, 0.2) is 6.29 Å². The van der Waals surface area contributed by atoms with Crippen molar-refractivity contribution in [3.8, 4) is 0 Å². The van der Waals surface area contributed by atoms with Crippen molar-refractivity contribution in [1.82, 2.24) is 0 Å². The van der Waals surface area contributed by atoms with Gasteiger partial charge in [0.2, 0.25) is 0 Å². The Bertz CT molecular complexity index is 1580. The van der Waals surface area contributed by atoms with Gasteiger partial charge in [0.25, 0.3) is 11.8 Å². The molecule has 0 unspecified atom stereocenters. The van der Waals surface area contributed by atoms with Gasteiger partial charge in [-0.25, -0.2) is 9.69 Å². The third-order valence-electron chi connectivity index (χ3n) is 7.37. The van der Waals surface area contributed by atoms with Crippen LogP contribution in [0.4, 0.5) is 5.69 Å². The molecule has 212 valence electrons. The van der Waals surface area contributed by atoms with Gasteiger partial charge in [-0.05, 0) is 59.7 Å². The number of nitrogens with zero attached hydrogens (tertiary/aromatic N) is 1. The predicted molar refractivity (Wildman–Crippen MR) is 157 cm³/mol. The molecule has 1 fully saturated rings. The summed E-state index contributed by atoms with van der Waals surface area (Å²) in [4.78, 5) is 39.2. The second-order valence-electron chi connectivity index (χ2n) is 10.1. The van der Waals surface area contributed by atoms with Gasteiger partial charge in [0.05, 0.1) is 41.2 Å². The third-order valence-corrected chi connectivity index (χ3v) is 8.51. The first-order valence-corrected chi connectivity index (χ1v) is 14.4. The fourth-order valence-electron chi connectivity index (χ4n) is 5.11. The fourth-order valence-corrected chi connectivity index (χ4v) is 6.03. The molecular formula is C33H27NO7S. The minimum absolute atomic E-state index is 0.0447. The molecule has 2 aliphatic heterocycles. The molecular weight excluding hydrogens is 554 g/mol. The highest BCUT2D eigenvalue weighted by atomic mass is 32.2. The Morgan fingerprint density at radius 2 is 1.43 bits per heavy atom. The van der Waals surface area contributed by atoms with Crippen LogP contribution in [0, 0.1) is 0 Å². The number of hydrogen-bond donors (Lipinski definition) is 2. The second-order valence-corrected chi connectivity index (χ2v) is 11.2. The Hall–Kier alpha value is -4.28. The van der Waals surface area contributed by atoms with Crippen molar-refractivity contribution in [3.63, 3.8) is 0 Å². The zero-order chi connectivity index (χ0) is 29.2. The maximum atomic E-state index is 12.9. The Balaban J connectivity index is 1.21. The van der Waals surface area contributed by atoms with Gasteiger partial charge in [-0.15, -0.1) is 11.8 Å². The van der Waals surface area contributed by atoms with Crippen LogP contribution in [0.1, 0.15) is 66.6 Å². The summed E-state index contributed by atoms with van der Waals surface area (Å²) in [5, 5.41) is 18.6. The van der Waals surface area contributed by atoms with Crippen LogP contribution >= 0.6 is 11.8 Å². The number of ether oxygens (including phenoxy) is 2. The number of carbonyl (C=O) groups excluding carboxylic acids is 2. The van der Waals surface area contributed by atoms with E-state index in [1.807, 2.05) is 24.3 Å². The lowest BCUT2D eigenvalue weighted by molar-refractivity contribution is -0.245. The zero-order valence-corrected chi connectivity index (χ0v) is 23.2. The monoisotopic (exact) mass is 581 g/mol. The average molecular weight is 582 g/mol. The van der Waals surface area contributed by atoms with E-state index in [1.165, 1.54) is 4.90 Å². The highest BCUT2D eigenvalue weighted by Gasteiger charge is 2.37. The lowest BCUT2D eigenvalue weighted by Gasteiger charge is -2.36. The molecule has 2 N–H and O–H groups in total. The number of rotatable bonds is 8. The zero-order valence-electron chi connectivity index (χ0n) is 22.4. The van der Waals surface area contributed by atoms with Crippen molar-refractivity contribution in [3.05, 3.63) is 130 Å². The van der Waals surface area contributed by atoms with E-state index in [9.17, 15) is 24.6 Å². The van der Waals surface area contributed by atoms with Crippen molar-refractivity contribution in [2.75, 3.05) is 10.7 Å². The fraction of sp³-hybridized carbons (Fsp3) is 0.182. The number of hydrogen-bond acceptors (Lipinski definition) is 7. The van der Waals surface area contributed by atoms with E-state index in [0.717, 1.165) is 21.6 Å². The number of imide groups is 1. The molecule has 2 amide bonds. The number of fused-ring (bicyclic) bond motifs is 1. The molecule has 8 nitrogen and oxygen atoms in total. The lowest BCUT2D eigenvalue weighted by Crippen LogP contribution is -2.31.